The fraction of sp³-hybridized carbons (Fsp3) is 0.810. The molecule has 1 unspecified atom stereocenters. The van der Waals surface area contributed by atoms with Crippen molar-refractivity contribution >= 4 is 41.3 Å². The number of halogens is 1. The van der Waals surface area contributed by atoms with Gasteiger partial charge in [-0.1, -0.05) is 34.6 Å². The number of thiazole rings is 1. The van der Waals surface area contributed by atoms with Crippen LogP contribution in [0.2, 0.25) is 0 Å². The number of morpholine rings is 1. The van der Waals surface area contributed by atoms with Crippen molar-refractivity contribution < 1.29 is 4.74 Å². The smallest absolute Gasteiger partial charge is 0.191 e. The van der Waals surface area contributed by atoms with Crippen LogP contribution in [0, 0.1) is 5.92 Å². The van der Waals surface area contributed by atoms with Crippen LogP contribution in [-0.4, -0.2) is 67.8 Å². The molecular weight excluding hydrogens is 497 g/mol. The molecule has 1 aliphatic heterocycles. The number of guanidine groups is 1. The lowest BCUT2D eigenvalue weighted by Crippen LogP contribution is -2.46. The van der Waals surface area contributed by atoms with Crippen LogP contribution in [0.5, 0.6) is 0 Å². The molecule has 0 amide bonds. The minimum absolute atomic E-state index is 0. The normalized spacial score (nSPS) is 18.6. The second kappa shape index (κ2) is 13.1. The van der Waals surface area contributed by atoms with Crippen molar-refractivity contribution in [1.82, 2.24) is 20.5 Å². The Bertz CT molecular complexity index is 614. The van der Waals surface area contributed by atoms with E-state index in [1.54, 1.807) is 11.3 Å². The van der Waals surface area contributed by atoms with Crippen LogP contribution < -0.4 is 10.6 Å². The van der Waals surface area contributed by atoms with Gasteiger partial charge in [-0.3, -0.25) is 9.89 Å². The zero-order valence-corrected chi connectivity index (χ0v) is 22.1. The molecule has 1 aliphatic rings. The largest absolute Gasteiger partial charge is 0.374 e. The third-order valence-electron chi connectivity index (χ3n) is 4.59. The quantitative estimate of drug-likeness (QED) is 0.302. The molecule has 1 saturated heterocycles. The lowest BCUT2D eigenvalue weighted by Gasteiger charge is -2.33. The van der Waals surface area contributed by atoms with Crippen LogP contribution in [0.3, 0.4) is 0 Å². The van der Waals surface area contributed by atoms with Gasteiger partial charge in [-0.15, -0.1) is 35.3 Å². The molecule has 6 nitrogen and oxygen atoms in total. The van der Waals surface area contributed by atoms with Gasteiger partial charge in [-0.25, -0.2) is 4.98 Å². The molecule has 1 aromatic rings. The number of aliphatic imine (C=N–C) groups is 1. The first-order chi connectivity index (χ1) is 13.3. The molecule has 0 aliphatic carbocycles. The molecule has 0 radical (unpaired) electrons. The van der Waals surface area contributed by atoms with E-state index in [4.69, 9.17) is 14.7 Å². The number of hydrogen-bond acceptors (Lipinski definition) is 5. The number of hydrogen-bond donors (Lipinski definition) is 2. The SMILES string of the molecule is CCNC(=NCC1CN(CC(C)C)CCO1)NCCc1nc(C(C)(C)C)cs1.I. The molecule has 2 N–H and O–H groups in total. The molecule has 29 heavy (non-hydrogen) atoms. The van der Waals surface area contributed by atoms with Gasteiger partial charge in [0.2, 0.25) is 0 Å². The standard InChI is InChI=1S/C21H39N5OS.HI/c1-7-22-20(23-9-8-19-25-18(15-28-19)21(4,5)6)24-12-17-14-26(10-11-27-17)13-16(2)3;/h15-17H,7-14H2,1-6H3,(H2,22,23,24);1H. The molecule has 8 heteroatoms. The maximum absolute atomic E-state index is 5.91. The van der Waals surface area contributed by atoms with Crippen LogP contribution in [0.1, 0.15) is 52.2 Å². The zero-order valence-electron chi connectivity index (χ0n) is 19.0. The first-order valence-electron chi connectivity index (χ1n) is 10.6. The second-order valence-electron chi connectivity index (χ2n) is 8.92. The zero-order chi connectivity index (χ0) is 20.6. The summed E-state index contributed by atoms with van der Waals surface area (Å²) < 4.78 is 5.91. The topological polar surface area (TPSA) is 61.8 Å². The molecule has 2 rings (SSSR count). The summed E-state index contributed by atoms with van der Waals surface area (Å²) in [6, 6.07) is 0. The Morgan fingerprint density at radius 1 is 1.38 bits per heavy atom. The highest BCUT2D eigenvalue weighted by Gasteiger charge is 2.21. The van der Waals surface area contributed by atoms with Crippen LogP contribution in [-0.2, 0) is 16.6 Å². The van der Waals surface area contributed by atoms with Crippen molar-refractivity contribution in [2.75, 3.05) is 45.9 Å². The molecular formula is C21H40IN5OS. The molecule has 0 spiro atoms. The van der Waals surface area contributed by atoms with Gasteiger partial charge < -0.3 is 15.4 Å². The summed E-state index contributed by atoms with van der Waals surface area (Å²) in [5.41, 5.74) is 1.29. The Kier molecular flexibility index (Phi) is 12.0. The van der Waals surface area contributed by atoms with Gasteiger partial charge in [0.1, 0.15) is 0 Å². The number of nitrogens with one attached hydrogen (secondary N) is 2. The Balaban J connectivity index is 0.00000420. The van der Waals surface area contributed by atoms with Gasteiger partial charge in [-0.2, -0.15) is 0 Å². The Morgan fingerprint density at radius 3 is 2.76 bits per heavy atom. The number of aromatic nitrogens is 1. The molecule has 0 saturated carbocycles. The summed E-state index contributed by atoms with van der Waals surface area (Å²) >= 11 is 1.75. The lowest BCUT2D eigenvalue weighted by molar-refractivity contribution is -0.0261. The van der Waals surface area contributed by atoms with E-state index in [9.17, 15) is 0 Å². The van der Waals surface area contributed by atoms with Crippen molar-refractivity contribution in [3.8, 4) is 0 Å². The van der Waals surface area contributed by atoms with Gasteiger partial charge in [-0.05, 0) is 12.8 Å². The van der Waals surface area contributed by atoms with E-state index in [-0.39, 0.29) is 35.5 Å². The van der Waals surface area contributed by atoms with E-state index in [2.05, 4.69) is 62.5 Å². The summed E-state index contributed by atoms with van der Waals surface area (Å²) in [5.74, 6) is 1.55. The van der Waals surface area contributed by atoms with Crippen LogP contribution in [0.25, 0.3) is 0 Å². The molecule has 0 aromatic carbocycles. The third kappa shape index (κ3) is 9.93. The highest BCUT2D eigenvalue weighted by molar-refractivity contribution is 14.0. The molecule has 168 valence electrons. The Morgan fingerprint density at radius 2 is 2.14 bits per heavy atom. The molecule has 1 fully saturated rings. The Labute approximate surface area is 198 Å². The second-order valence-corrected chi connectivity index (χ2v) is 9.86. The third-order valence-corrected chi connectivity index (χ3v) is 5.50. The predicted molar refractivity (Wildman–Crippen MR) is 135 cm³/mol. The Hall–Kier alpha value is -0.450. The minimum Gasteiger partial charge on any atom is -0.374 e. The van der Waals surface area contributed by atoms with Gasteiger partial charge >= 0.3 is 0 Å². The van der Waals surface area contributed by atoms with Crippen LogP contribution >= 0.6 is 35.3 Å². The van der Waals surface area contributed by atoms with Crippen molar-refractivity contribution in [2.45, 2.75) is 59.5 Å². The average Bonchev–Trinajstić information content (AvgIpc) is 3.09. The maximum Gasteiger partial charge on any atom is 0.191 e. The van der Waals surface area contributed by atoms with E-state index in [0.717, 1.165) is 51.7 Å². The fourth-order valence-electron chi connectivity index (χ4n) is 3.17. The average molecular weight is 538 g/mol. The first kappa shape index (κ1) is 26.6. The summed E-state index contributed by atoms with van der Waals surface area (Å²) in [6.07, 6.45) is 1.09. The van der Waals surface area contributed by atoms with E-state index in [1.807, 2.05) is 0 Å². The van der Waals surface area contributed by atoms with E-state index in [0.29, 0.717) is 12.5 Å². The lowest BCUT2D eigenvalue weighted by atomic mass is 9.93. The van der Waals surface area contributed by atoms with Gasteiger partial charge in [0.15, 0.2) is 5.96 Å². The number of ether oxygens (including phenoxy) is 1. The number of rotatable bonds is 8. The van der Waals surface area contributed by atoms with Crippen molar-refractivity contribution in [2.24, 2.45) is 10.9 Å². The van der Waals surface area contributed by atoms with Gasteiger partial charge in [0, 0.05) is 49.9 Å². The predicted octanol–water partition coefficient (Wildman–Crippen LogP) is 3.51. The van der Waals surface area contributed by atoms with Crippen LogP contribution in [0.4, 0.5) is 0 Å². The fourth-order valence-corrected chi connectivity index (χ4v) is 4.19. The summed E-state index contributed by atoms with van der Waals surface area (Å²) in [6.45, 7) is 19.5. The summed E-state index contributed by atoms with van der Waals surface area (Å²) in [7, 11) is 0. The van der Waals surface area contributed by atoms with E-state index in [1.165, 1.54) is 10.7 Å². The number of nitrogens with zero attached hydrogens (tertiary/aromatic N) is 3. The summed E-state index contributed by atoms with van der Waals surface area (Å²) in [5, 5.41) is 10.1. The minimum atomic E-state index is 0. The van der Waals surface area contributed by atoms with E-state index >= 15 is 0 Å². The van der Waals surface area contributed by atoms with Gasteiger partial charge in [0.25, 0.3) is 0 Å². The molecule has 1 aromatic heterocycles. The first-order valence-corrected chi connectivity index (χ1v) is 11.5. The van der Waals surface area contributed by atoms with Gasteiger partial charge in [0.05, 0.1) is 30.0 Å². The van der Waals surface area contributed by atoms with Crippen molar-refractivity contribution in [1.29, 1.82) is 0 Å². The van der Waals surface area contributed by atoms with Crippen molar-refractivity contribution in [3.63, 3.8) is 0 Å². The van der Waals surface area contributed by atoms with Crippen LogP contribution in [0.15, 0.2) is 10.4 Å². The highest BCUT2D eigenvalue weighted by Crippen LogP contribution is 2.23. The van der Waals surface area contributed by atoms with Crippen molar-refractivity contribution in [3.05, 3.63) is 16.1 Å². The summed E-state index contributed by atoms with van der Waals surface area (Å²) in [4.78, 5) is 12.0. The molecule has 2 heterocycles. The molecule has 0 bridgehead atoms. The van der Waals surface area contributed by atoms with E-state index < -0.39 is 0 Å². The highest BCUT2D eigenvalue weighted by atomic mass is 127. The monoisotopic (exact) mass is 537 g/mol. The molecule has 1 atom stereocenters. The maximum atomic E-state index is 5.91.